The molecule has 18 heavy (non-hydrogen) atoms. The lowest BCUT2D eigenvalue weighted by atomic mass is 10.2. The van der Waals surface area contributed by atoms with E-state index in [0.717, 1.165) is 12.1 Å². The minimum atomic E-state index is -4.47. The van der Waals surface area contributed by atoms with Gasteiger partial charge in [0.15, 0.2) is 0 Å². The van der Waals surface area contributed by atoms with Crippen LogP contribution in [-0.2, 0) is 10.9 Å². The maximum atomic E-state index is 12.5. The molecule has 0 spiro atoms. The lowest BCUT2D eigenvalue weighted by molar-refractivity contribution is -0.137. The number of ether oxygens (including phenoxy) is 2. The van der Waals surface area contributed by atoms with Crippen molar-refractivity contribution in [3.05, 3.63) is 22.8 Å². The summed E-state index contributed by atoms with van der Waals surface area (Å²) >= 11 is 5.50. The van der Waals surface area contributed by atoms with Gasteiger partial charge >= 0.3 is 6.18 Å². The Kier molecular flexibility index (Phi) is 5.22. The molecule has 7 heteroatoms. The van der Waals surface area contributed by atoms with Crippen molar-refractivity contribution < 1.29 is 22.6 Å². The van der Waals surface area contributed by atoms with Crippen molar-refractivity contribution in [1.29, 1.82) is 0 Å². The Morgan fingerprint density at radius 1 is 1.28 bits per heavy atom. The van der Waals surface area contributed by atoms with E-state index in [2.05, 4.69) is 4.98 Å². The van der Waals surface area contributed by atoms with Gasteiger partial charge in [0.25, 0.3) is 0 Å². The summed E-state index contributed by atoms with van der Waals surface area (Å²) in [5, 5.41) is -0.260. The average Bonchev–Trinajstić information content (AvgIpc) is 2.22. The highest BCUT2D eigenvalue weighted by molar-refractivity contribution is 6.29. The molecule has 0 fully saturated rings. The molecular weight excluding hydrogens is 271 g/mol. The number of alkyl halides is 3. The Labute approximate surface area is 108 Å². The molecule has 0 saturated heterocycles. The summed E-state index contributed by atoms with van der Waals surface area (Å²) in [5.74, 6) is -0.165. The molecule has 1 rings (SSSR count). The van der Waals surface area contributed by atoms with Crippen LogP contribution in [0.25, 0.3) is 0 Å². The lowest BCUT2D eigenvalue weighted by Crippen LogP contribution is -2.12. The topological polar surface area (TPSA) is 31.4 Å². The van der Waals surface area contributed by atoms with Crippen molar-refractivity contribution in [3.63, 3.8) is 0 Å². The Bertz CT molecular complexity index is 396. The molecule has 0 atom stereocenters. The molecular formula is C11H13ClF3NO2. The second-order valence-electron chi connectivity index (χ2n) is 3.78. The van der Waals surface area contributed by atoms with Crippen LogP contribution in [0, 0.1) is 0 Å². The van der Waals surface area contributed by atoms with Crippen LogP contribution in [0.2, 0.25) is 5.15 Å². The molecule has 3 nitrogen and oxygen atoms in total. The smallest absolute Gasteiger partial charge is 0.416 e. The van der Waals surface area contributed by atoms with Gasteiger partial charge in [0.05, 0.1) is 18.3 Å². The predicted molar refractivity (Wildman–Crippen MR) is 60.8 cm³/mol. The van der Waals surface area contributed by atoms with Gasteiger partial charge in [-0.25, -0.2) is 4.98 Å². The zero-order valence-corrected chi connectivity index (χ0v) is 10.7. The fourth-order valence-electron chi connectivity index (χ4n) is 1.14. The highest BCUT2D eigenvalue weighted by Gasteiger charge is 2.31. The molecule has 0 radical (unpaired) electrons. The lowest BCUT2D eigenvalue weighted by Gasteiger charge is -2.11. The van der Waals surface area contributed by atoms with Gasteiger partial charge in [-0.3, -0.25) is 0 Å². The third-order valence-electron chi connectivity index (χ3n) is 1.88. The van der Waals surface area contributed by atoms with Crippen LogP contribution in [0.4, 0.5) is 13.2 Å². The molecule has 1 aromatic rings. The molecule has 0 amide bonds. The van der Waals surface area contributed by atoms with Gasteiger partial charge in [0, 0.05) is 6.07 Å². The Hall–Kier alpha value is -1.01. The van der Waals surface area contributed by atoms with Crippen molar-refractivity contribution in [2.45, 2.75) is 26.1 Å². The number of nitrogens with zero attached hydrogens (tertiary/aromatic N) is 1. The van der Waals surface area contributed by atoms with E-state index in [-0.39, 0.29) is 30.4 Å². The molecule has 0 saturated carbocycles. The predicted octanol–water partition coefficient (Wildman–Crippen LogP) is 3.56. The zero-order chi connectivity index (χ0) is 13.8. The van der Waals surface area contributed by atoms with Gasteiger partial charge in [0.2, 0.25) is 5.88 Å². The molecule has 0 aromatic carbocycles. The number of aromatic nitrogens is 1. The summed E-state index contributed by atoms with van der Waals surface area (Å²) in [6.07, 6.45) is -4.44. The number of pyridine rings is 1. The van der Waals surface area contributed by atoms with Gasteiger partial charge in [0.1, 0.15) is 11.8 Å². The first-order valence-electron chi connectivity index (χ1n) is 5.28. The van der Waals surface area contributed by atoms with Crippen molar-refractivity contribution in [2.24, 2.45) is 0 Å². The van der Waals surface area contributed by atoms with Crippen molar-refractivity contribution in [3.8, 4) is 5.88 Å². The third-order valence-corrected chi connectivity index (χ3v) is 2.08. The quantitative estimate of drug-likeness (QED) is 0.612. The minimum absolute atomic E-state index is 0.0339. The molecule has 0 aliphatic carbocycles. The Balaban J connectivity index is 2.63. The van der Waals surface area contributed by atoms with Gasteiger partial charge < -0.3 is 9.47 Å². The molecule has 0 bridgehead atoms. The van der Waals surface area contributed by atoms with Crippen LogP contribution in [0.5, 0.6) is 5.88 Å². The molecule has 0 N–H and O–H groups in total. The average molecular weight is 284 g/mol. The summed E-state index contributed by atoms with van der Waals surface area (Å²) in [6, 6.07) is 1.56. The van der Waals surface area contributed by atoms with Crippen LogP contribution in [0.1, 0.15) is 19.4 Å². The minimum Gasteiger partial charge on any atom is -0.475 e. The molecule has 0 aliphatic heterocycles. The zero-order valence-electron chi connectivity index (χ0n) is 9.92. The summed E-state index contributed by atoms with van der Waals surface area (Å²) in [4.78, 5) is 3.65. The van der Waals surface area contributed by atoms with E-state index in [9.17, 15) is 13.2 Å². The Morgan fingerprint density at radius 3 is 2.50 bits per heavy atom. The monoisotopic (exact) mass is 283 g/mol. The van der Waals surface area contributed by atoms with Crippen LogP contribution < -0.4 is 4.74 Å². The summed E-state index contributed by atoms with van der Waals surface area (Å²) in [7, 11) is 0. The highest BCUT2D eigenvalue weighted by Crippen LogP contribution is 2.32. The maximum Gasteiger partial charge on any atom is 0.416 e. The van der Waals surface area contributed by atoms with E-state index in [1.54, 1.807) is 0 Å². The summed E-state index contributed by atoms with van der Waals surface area (Å²) < 4.78 is 47.7. The van der Waals surface area contributed by atoms with E-state index in [4.69, 9.17) is 21.1 Å². The molecule has 102 valence electrons. The van der Waals surface area contributed by atoms with Gasteiger partial charge in [-0.15, -0.1) is 0 Å². The summed E-state index contributed by atoms with van der Waals surface area (Å²) in [5.41, 5.74) is -0.887. The molecule has 1 heterocycles. The SMILES string of the molecule is CC(C)OCCOc1cc(C(F)(F)F)cc(Cl)n1. The number of hydrogen-bond donors (Lipinski definition) is 0. The van der Waals surface area contributed by atoms with E-state index in [1.165, 1.54) is 0 Å². The largest absolute Gasteiger partial charge is 0.475 e. The number of halogens is 4. The second-order valence-corrected chi connectivity index (χ2v) is 4.17. The van der Waals surface area contributed by atoms with Crippen molar-refractivity contribution in [1.82, 2.24) is 4.98 Å². The number of hydrogen-bond acceptors (Lipinski definition) is 3. The molecule has 1 aromatic heterocycles. The van der Waals surface area contributed by atoms with Crippen molar-refractivity contribution >= 4 is 11.6 Å². The third kappa shape index (κ3) is 5.10. The normalized spacial score (nSPS) is 11.9. The maximum absolute atomic E-state index is 12.5. The van der Waals surface area contributed by atoms with E-state index in [1.807, 2.05) is 13.8 Å². The van der Waals surface area contributed by atoms with E-state index in [0.29, 0.717) is 0 Å². The van der Waals surface area contributed by atoms with Gasteiger partial charge in [-0.2, -0.15) is 13.2 Å². The fraction of sp³-hybridized carbons (Fsp3) is 0.545. The standard InChI is InChI=1S/C11H13ClF3NO2/c1-7(2)17-3-4-18-10-6-8(11(13,14)15)5-9(12)16-10/h5-7H,3-4H2,1-2H3. The first-order chi connectivity index (χ1) is 8.29. The van der Waals surface area contributed by atoms with Gasteiger partial charge in [-0.1, -0.05) is 11.6 Å². The highest BCUT2D eigenvalue weighted by atomic mass is 35.5. The van der Waals surface area contributed by atoms with Crippen molar-refractivity contribution in [2.75, 3.05) is 13.2 Å². The second kappa shape index (κ2) is 6.24. The van der Waals surface area contributed by atoms with Crippen LogP contribution >= 0.6 is 11.6 Å². The van der Waals surface area contributed by atoms with Crippen LogP contribution in [0.3, 0.4) is 0 Å². The first-order valence-corrected chi connectivity index (χ1v) is 5.66. The first kappa shape index (κ1) is 15.0. The van der Waals surface area contributed by atoms with E-state index >= 15 is 0 Å². The molecule has 0 unspecified atom stereocenters. The van der Waals surface area contributed by atoms with E-state index < -0.39 is 11.7 Å². The van der Waals surface area contributed by atoms with Crippen LogP contribution in [0.15, 0.2) is 12.1 Å². The Morgan fingerprint density at radius 2 is 1.94 bits per heavy atom. The van der Waals surface area contributed by atoms with Gasteiger partial charge in [-0.05, 0) is 19.9 Å². The fourth-order valence-corrected chi connectivity index (χ4v) is 1.34. The van der Waals surface area contributed by atoms with Crippen LogP contribution in [-0.4, -0.2) is 24.3 Å². The molecule has 0 aliphatic rings. The summed E-state index contributed by atoms with van der Waals surface area (Å²) in [6.45, 7) is 4.08. The number of rotatable bonds is 5.